The molecule has 0 heterocycles. The van der Waals surface area contributed by atoms with Crippen molar-refractivity contribution in [2.75, 3.05) is 27.0 Å². The third-order valence-electron chi connectivity index (χ3n) is 6.16. The molecule has 0 aliphatic heterocycles. The summed E-state index contributed by atoms with van der Waals surface area (Å²) in [7, 11) is 0.259. The van der Waals surface area contributed by atoms with Gasteiger partial charge in [0.25, 0.3) is 0 Å². The lowest BCUT2D eigenvalue weighted by atomic mass is 9.78. The number of ether oxygens (including phenoxy) is 1. The first-order valence-electron chi connectivity index (χ1n) is 10.7. The van der Waals surface area contributed by atoms with Gasteiger partial charge in [-0.2, -0.15) is 0 Å². The summed E-state index contributed by atoms with van der Waals surface area (Å²) in [4.78, 5) is 4.75. The molecule has 0 aromatic heterocycles. The van der Waals surface area contributed by atoms with Gasteiger partial charge in [-0.25, -0.2) is 8.42 Å². The Hall–Kier alpha value is -2.54. The van der Waals surface area contributed by atoms with Gasteiger partial charge in [-0.05, 0) is 54.7 Å². The summed E-state index contributed by atoms with van der Waals surface area (Å²) in [5.74, 6) is 1.62. The Morgan fingerprint density at radius 3 is 2.48 bits per heavy atom. The maximum absolute atomic E-state index is 11.8. The van der Waals surface area contributed by atoms with Crippen molar-refractivity contribution in [3.8, 4) is 5.75 Å². The molecule has 6 nitrogen and oxygen atoms in total. The Morgan fingerprint density at radius 2 is 1.87 bits per heavy atom. The third-order valence-corrected chi connectivity index (χ3v) is 7.42. The molecule has 1 aliphatic rings. The minimum atomic E-state index is -3.21. The van der Waals surface area contributed by atoms with Crippen molar-refractivity contribution in [3.05, 3.63) is 59.2 Å². The van der Waals surface area contributed by atoms with Crippen LogP contribution in [0.25, 0.3) is 0 Å². The zero-order valence-corrected chi connectivity index (χ0v) is 19.7. The van der Waals surface area contributed by atoms with Gasteiger partial charge in [0, 0.05) is 31.8 Å². The van der Waals surface area contributed by atoms with Crippen LogP contribution in [-0.4, -0.2) is 41.3 Å². The predicted molar refractivity (Wildman–Crippen MR) is 126 cm³/mol. The number of methoxy groups -OCH3 is 1. The second-order valence-corrected chi connectivity index (χ2v) is 10.4. The molecule has 2 N–H and O–H groups in total. The molecule has 1 fully saturated rings. The first-order chi connectivity index (χ1) is 14.8. The van der Waals surface area contributed by atoms with Crippen molar-refractivity contribution in [1.29, 1.82) is 0 Å². The number of hydrogen-bond donors (Lipinski definition) is 2. The molecule has 7 heteroatoms. The fourth-order valence-corrected chi connectivity index (χ4v) is 5.43. The van der Waals surface area contributed by atoms with E-state index in [1.807, 2.05) is 25.1 Å². The smallest absolute Gasteiger partial charge is 0.191 e. The highest BCUT2D eigenvalue weighted by molar-refractivity contribution is 7.90. The molecule has 0 amide bonds. The van der Waals surface area contributed by atoms with Crippen LogP contribution in [-0.2, 0) is 21.8 Å². The molecule has 31 heavy (non-hydrogen) atoms. The van der Waals surface area contributed by atoms with E-state index in [4.69, 9.17) is 4.74 Å². The highest BCUT2D eigenvalue weighted by Gasteiger charge is 2.36. The second-order valence-electron chi connectivity index (χ2n) is 8.37. The quantitative estimate of drug-likeness (QED) is 0.505. The van der Waals surface area contributed by atoms with Gasteiger partial charge >= 0.3 is 0 Å². The van der Waals surface area contributed by atoms with Crippen LogP contribution in [0.4, 0.5) is 0 Å². The third kappa shape index (κ3) is 5.58. The summed E-state index contributed by atoms with van der Waals surface area (Å²) in [5, 5.41) is 6.86. The van der Waals surface area contributed by atoms with E-state index in [0.29, 0.717) is 11.4 Å². The minimum Gasteiger partial charge on any atom is -0.497 e. The molecule has 3 rings (SSSR count). The van der Waals surface area contributed by atoms with Crippen molar-refractivity contribution < 1.29 is 13.2 Å². The minimum absolute atomic E-state index is 0.0693. The number of nitrogens with one attached hydrogen (secondary N) is 2. The molecule has 2 aromatic rings. The van der Waals surface area contributed by atoms with Gasteiger partial charge in [0.1, 0.15) is 5.75 Å². The van der Waals surface area contributed by atoms with E-state index < -0.39 is 9.84 Å². The number of sulfone groups is 1. The van der Waals surface area contributed by atoms with Gasteiger partial charge in [-0.1, -0.05) is 37.1 Å². The van der Waals surface area contributed by atoms with Crippen molar-refractivity contribution in [3.63, 3.8) is 0 Å². The van der Waals surface area contributed by atoms with Gasteiger partial charge in [-0.15, -0.1) is 0 Å². The molecule has 1 aliphatic carbocycles. The molecular formula is C24H33N3O3S. The van der Waals surface area contributed by atoms with E-state index in [1.165, 1.54) is 24.7 Å². The maximum atomic E-state index is 11.8. The molecule has 0 radical (unpaired) electrons. The van der Waals surface area contributed by atoms with E-state index in [1.54, 1.807) is 20.2 Å². The molecule has 168 valence electrons. The van der Waals surface area contributed by atoms with E-state index >= 15 is 0 Å². The first kappa shape index (κ1) is 23.1. The first-order valence-corrected chi connectivity index (χ1v) is 12.6. The van der Waals surface area contributed by atoms with Gasteiger partial charge in [-0.3, -0.25) is 4.99 Å². The van der Waals surface area contributed by atoms with Crippen LogP contribution in [0.5, 0.6) is 5.75 Å². The molecular weight excluding hydrogens is 410 g/mol. The Balaban J connectivity index is 1.66. The predicted octanol–water partition coefficient (Wildman–Crippen LogP) is 3.58. The average molecular weight is 444 g/mol. The van der Waals surface area contributed by atoms with Crippen LogP contribution >= 0.6 is 0 Å². The summed E-state index contributed by atoms with van der Waals surface area (Å²) in [5.41, 5.74) is 3.14. The lowest BCUT2D eigenvalue weighted by molar-refractivity contribution is 0.404. The largest absolute Gasteiger partial charge is 0.497 e. The molecule has 0 spiro atoms. The Labute approximate surface area is 186 Å². The molecule has 1 saturated carbocycles. The van der Waals surface area contributed by atoms with Gasteiger partial charge in [0.15, 0.2) is 15.8 Å². The fraction of sp³-hybridized carbons (Fsp3) is 0.458. The normalized spacial score (nSPS) is 16.2. The topological polar surface area (TPSA) is 79.8 Å². The molecule has 0 saturated heterocycles. The lowest BCUT2D eigenvalue weighted by Gasteiger charge is -2.31. The van der Waals surface area contributed by atoms with E-state index in [0.717, 1.165) is 42.2 Å². The SMILES string of the molecule is CN=C(NCc1ccc(S(C)(=O)=O)c(C)c1)NCC1(c2cccc(OC)c2)CCCC1. The monoisotopic (exact) mass is 443 g/mol. The average Bonchev–Trinajstić information content (AvgIpc) is 3.23. The number of aliphatic imine (C=N–C) groups is 1. The number of guanidine groups is 1. The summed E-state index contributed by atoms with van der Waals surface area (Å²) in [6.07, 6.45) is 5.95. The zero-order chi connectivity index (χ0) is 22.5. The van der Waals surface area contributed by atoms with E-state index in [-0.39, 0.29) is 5.41 Å². The van der Waals surface area contributed by atoms with E-state index in [2.05, 4.69) is 33.8 Å². The Morgan fingerprint density at radius 1 is 1.13 bits per heavy atom. The van der Waals surface area contributed by atoms with Crippen molar-refractivity contribution >= 4 is 15.8 Å². The van der Waals surface area contributed by atoms with Crippen LogP contribution in [0.2, 0.25) is 0 Å². The molecule has 0 unspecified atom stereocenters. The van der Waals surface area contributed by atoms with Crippen LogP contribution in [0.15, 0.2) is 52.4 Å². The number of aryl methyl sites for hydroxylation is 1. The van der Waals surface area contributed by atoms with E-state index in [9.17, 15) is 8.42 Å². The second kappa shape index (κ2) is 9.73. The maximum Gasteiger partial charge on any atom is 0.191 e. The number of hydrogen-bond acceptors (Lipinski definition) is 4. The highest BCUT2D eigenvalue weighted by atomic mass is 32.2. The molecule has 0 bridgehead atoms. The summed E-state index contributed by atoms with van der Waals surface area (Å²) in [6, 6.07) is 13.8. The number of nitrogens with zero attached hydrogens (tertiary/aromatic N) is 1. The molecule has 2 aromatic carbocycles. The van der Waals surface area contributed by atoms with Gasteiger partial charge in [0.2, 0.25) is 0 Å². The van der Waals surface area contributed by atoms with Crippen LogP contribution < -0.4 is 15.4 Å². The number of benzene rings is 2. The lowest BCUT2D eigenvalue weighted by Crippen LogP contribution is -2.44. The van der Waals surface area contributed by atoms with Crippen molar-refractivity contribution in [2.45, 2.75) is 49.5 Å². The fourth-order valence-electron chi connectivity index (χ4n) is 4.47. The van der Waals surface area contributed by atoms with Crippen LogP contribution in [0.1, 0.15) is 42.4 Å². The van der Waals surface area contributed by atoms with Gasteiger partial charge < -0.3 is 15.4 Å². The Kier molecular flexibility index (Phi) is 7.26. The van der Waals surface area contributed by atoms with Crippen LogP contribution in [0, 0.1) is 6.92 Å². The number of rotatable bonds is 7. The van der Waals surface area contributed by atoms with Crippen molar-refractivity contribution in [2.24, 2.45) is 4.99 Å². The molecule has 0 atom stereocenters. The summed E-state index contributed by atoms with van der Waals surface area (Å²) in [6.45, 7) is 3.19. The summed E-state index contributed by atoms with van der Waals surface area (Å²) < 4.78 is 29.1. The highest BCUT2D eigenvalue weighted by Crippen LogP contribution is 2.41. The zero-order valence-electron chi connectivity index (χ0n) is 18.9. The van der Waals surface area contributed by atoms with Crippen molar-refractivity contribution in [1.82, 2.24) is 10.6 Å². The van der Waals surface area contributed by atoms with Crippen LogP contribution in [0.3, 0.4) is 0 Å². The van der Waals surface area contributed by atoms with Gasteiger partial charge in [0.05, 0.1) is 12.0 Å². The Bertz CT molecular complexity index is 1040. The standard InChI is InChI=1S/C24H33N3O3S/c1-18-14-19(10-11-22(18)31(4,28)29)16-26-23(25-2)27-17-24(12-5-6-13-24)20-8-7-9-21(15-20)30-3/h7-11,14-15H,5-6,12-13,16-17H2,1-4H3,(H2,25,26,27). The summed E-state index contributed by atoms with van der Waals surface area (Å²) >= 11 is 0.